The normalized spacial score (nSPS) is 15.8. The van der Waals surface area contributed by atoms with Crippen molar-refractivity contribution in [3.63, 3.8) is 0 Å². The van der Waals surface area contributed by atoms with E-state index in [-0.39, 0.29) is 24.0 Å². The van der Waals surface area contributed by atoms with E-state index in [9.17, 15) is 14.4 Å². The fourth-order valence-corrected chi connectivity index (χ4v) is 2.48. The molecule has 0 unspecified atom stereocenters. The van der Waals surface area contributed by atoms with E-state index in [4.69, 9.17) is 0 Å². The van der Waals surface area contributed by atoms with Crippen LogP contribution in [0.25, 0.3) is 0 Å². The number of benzene rings is 1. The number of aromatic nitrogens is 3. The molecule has 0 saturated carbocycles. The average molecular weight is 327 g/mol. The highest BCUT2D eigenvalue weighted by Gasteiger charge is 2.34. The van der Waals surface area contributed by atoms with Crippen molar-refractivity contribution in [2.45, 2.75) is 32.7 Å². The van der Waals surface area contributed by atoms with E-state index in [1.165, 1.54) is 11.6 Å². The Hall–Kier alpha value is -3.03. The number of fused-ring (bicyclic) bond motifs is 1. The van der Waals surface area contributed by atoms with Gasteiger partial charge in [0.1, 0.15) is 6.04 Å². The van der Waals surface area contributed by atoms with E-state index >= 15 is 0 Å². The van der Waals surface area contributed by atoms with Gasteiger partial charge in [0.2, 0.25) is 11.9 Å². The highest BCUT2D eigenvalue weighted by Crippen LogP contribution is 2.25. The van der Waals surface area contributed by atoms with Crippen molar-refractivity contribution in [2.24, 2.45) is 0 Å². The molecule has 1 aromatic heterocycles. The summed E-state index contributed by atoms with van der Waals surface area (Å²) >= 11 is 0. The Bertz CT molecular complexity index is 810. The van der Waals surface area contributed by atoms with Crippen molar-refractivity contribution >= 4 is 29.2 Å². The second-order valence-electron chi connectivity index (χ2n) is 5.54. The van der Waals surface area contributed by atoms with Crippen LogP contribution in [0.15, 0.2) is 24.3 Å². The van der Waals surface area contributed by atoms with Crippen molar-refractivity contribution < 1.29 is 14.4 Å². The third-order valence-electron chi connectivity index (χ3n) is 3.78. The summed E-state index contributed by atoms with van der Waals surface area (Å²) < 4.78 is 1.46. The molecule has 8 heteroatoms. The molecule has 0 saturated heterocycles. The summed E-state index contributed by atoms with van der Waals surface area (Å²) in [5.41, 5.74) is 1.14. The Labute approximate surface area is 138 Å². The topological polar surface area (TPSA) is 106 Å². The van der Waals surface area contributed by atoms with Crippen LogP contribution in [0.2, 0.25) is 0 Å². The quantitative estimate of drug-likeness (QED) is 0.811. The molecule has 124 valence electrons. The van der Waals surface area contributed by atoms with Crippen LogP contribution in [0.5, 0.6) is 0 Å². The lowest BCUT2D eigenvalue weighted by molar-refractivity contribution is -0.123. The van der Waals surface area contributed by atoms with Gasteiger partial charge in [0.05, 0.1) is 6.42 Å². The van der Waals surface area contributed by atoms with E-state index in [0.29, 0.717) is 29.4 Å². The zero-order valence-electron chi connectivity index (χ0n) is 13.4. The number of aryl methyl sites for hydroxylation is 1. The molecule has 0 fully saturated rings. The summed E-state index contributed by atoms with van der Waals surface area (Å²) in [4.78, 5) is 39.6. The van der Waals surface area contributed by atoms with Gasteiger partial charge in [-0.1, -0.05) is 6.92 Å². The van der Waals surface area contributed by atoms with Crippen LogP contribution >= 0.6 is 0 Å². The lowest BCUT2D eigenvalue weighted by Gasteiger charge is -2.10. The number of carbonyl (C=O) groups excluding carboxylic acids is 3. The Balaban J connectivity index is 1.68. The number of rotatable bonds is 5. The Morgan fingerprint density at radius 1 is 1.29 bits per heavy atom. The minimum absolute atomic E-state index is 0.0408. The summed E-state index contributed by atoms with van der Waals surface area (Å²) in [5, 5.41) is 9.58. The molecular weight excluding hydrogens is 310 g/mol. The van der Waals surface area contributed by atoms with Crippen LogP contribution in [0.3, 0.4) is 0 Å². The number of ketones is 1. The lowest BCUT2D eigenvalue weighted by atomic mass is 10.1. The SMILES string of the molecule is CCc1nc2n(n1)[C@H](CC(=O)Nc1ccc(C(C)=O)cc1)C(=O)N2. The van der Waals surface area contributed by atoms with Gasteiger partial charge < -0.3 is 5.32 Å². The molecule has 2 amide bonds. The maximum Gasteiger partial charge on any atom is 0.252 e. The fraction of sp³-hybridized carbons (Fsp3) is 0.312. The van der Waals surface area contributed by atoms with Gasteiger partial charge in [0.25, 0.3) is 5.91 Å². The minimum Gasteiger partial charge on any atom is -0.326 e. The summed E-state index contributed by atoms with van der Waals surface area (Å²) in [5.74, 6) is 0.346. The molecule has 2 heterocycles. The fourth-order valence-electron chi connectivity index (χ4n) is 2.48. The van der Waals surface area contributed by atoms with Crippen molar-refractivity contribution in [1.82, 2.24) is 14.8 Å². The van der Waals surface area contributed by atoms with Crippen molar-refractivity contribution in [3.8, 4) is 0 Å². The van der Waals surface area contributed by atoms with Crippen LogP contribution < -0.4 is 10.6 Å². The predicted octanol–water partition coefficient (Wildman–Crippen LogP) is 1.57. The molecule has 24 heavy (non-hydrogen) atoms. The third-order valence-corrected chi connectivity index (χ3v) is 3.78. The van der Waals surface area contributed by atoms with Gasteiger partial charge in [-0.05, 0) is 31.2 Å². The maximum atomic E-state index is 12.2. The number of hydrogen-bond acceptors (Lipinski definition) is 5. The number of nitrogens with zero attached hydrogens (tertiary/aromatic N) is 3. The molecule has 0 aliphatic carbocycles. The Morgan fingerprint density at radius 3 is 2.62 bits per heavy atom. The molecule has 1 aromatic carbocycles. The molecule has 0 bridgehead atoms. The van der Waals surface area contributed by atoms with Crippen molar-refractivity contribution in [2.75, 3.05) is 10.6 Å². The molecule has 1 aliphatic heterocycles. The number of carbonyl (C=O) groups is 3. The maximum absolute atomic E-state index is 12.2. The zero-order valence-corrected chi connectivity index (χ0v) is 13.4. The first-order valence-electron chi connectivity index (χ1n) is 7.65. The number of Topliss-reactive ketones (excluding diaryl/α,β-unsaturated/α-hetero) is 1. The van der Waals surface area contributed by atoms with Gasteiger partial charge in [-0.15, -0.1) is 0 Å². The monoisotopic (exact) mass is 327 g/mol. The molecule has 1 aliphatic rings. The number of amides is 2. The van der Waals surface area contributed by atoms with Crippen LogP contribution in [0.4, 0.5) is 11.6 Å². The standard InChI is InChI=1S/C16H17N5O3/c1-3-13-18-16-19-15(24)12(21(16)20-13)8-14(23)17-11-6-4-10(5-7-11)9(2)22/h4-7,12H,3,8H2,1-2H3,(H,17,23)(H,18,19,20,24)/t12-/m1/s1. The lowest BCUT2D eigenvalue weighted by Crippen LogP contribution is -2.24. The van der Waals surface area contributed by atoms with Crippen LogP contribution in [-0.2, 0) is 16.0 Å². The molecular formula is C16H17N5O3. The summed E-state index contributed by atoms with van der Waals surface area (Å²) in [6.45, 7) is 3.39. The van der Waals surface area contributed by atoms with E-state index in [1.807, 2.05) is 6.92 Å². The highest BCUT2D eigenvalue weighted by atomic mass is 16.2. The summed E-state index contributed by atoms with van der Waals surface area (Å²) in [6, 6.07) is 5.88. The van der Waals surface area contributed by atoms with E-state index < -0.39 is 6.04 Å². The smallest absolute Gasteiger partial charge is 0.252 e. The van der Waals surface area contributed by atoms with E-state index in [0.717, 1.165) is 0 Å². The molecule has 8 nitrogen and oxygen atoms in total. The van der Waals surface area contributed by atoms with Crippen LogP contribution in [-0.4, -0.2) is 32.4 Å². The van der Waals surface area contributed by atoms with Gasteiger partial charge in [-0.2, -0.15) is 10.1 Å². The van der Waals surface area contributed by atoms with Gasteiger partial charge in [-0.3, -0.25) is 19.7 Å². The molecule has 0 spiro atoms. The summed E-state index contributed by atoms with van der Waals surface area (Å²) in [6.07, 6.45) is 0.608. The zero-order chi connectivity index (χ0) is 17.3. The van der Waals surface area contributed by atoms with E-state index in [2.05, 4.69) is 20.7 Å². The van der Waals surface area contributed by atoms with Gasteiger partial charge in [0, 0.05) is 17.7 Å². The second-order valence-corrected chi connectivity index (χ2v) is 5.54. The van der Waals surface area contributed by atoms with Crippen molar-refractivity contribution in [1.29, 1.82) is 0 Å². The Morgan fingerprint density at radius 2 is 2.00 bits per heavy atom. The Kier molecular flexibility index (Phi) is 4.11. The first kappa shape index (κ1) is 15.9. The second kappa shape index (κ2) is 6.23. The van der Waals surface area contributed by atoms with Gasteiger partial charge >= 0.3 is 0 Å². The first-order valence-corrected chi connectivity index (χ1v) is 7.65. The van der Waals surface area contributed by atoms with Crippen LogP contribution in [0.1, 0.15) is 42.5 Å². The largest absolute Gasteiger partial charge is 0.326 e. The minimum atomic E-state index is -0.704. The summed E-state index contributed by atoms with van der Waals surface area (Å²) in [7, 11) is 0. The molecule has 0 radical (unpaired) electrons. The molecule has 3 rings (SSSR count). The molecule has 1 atom stereocenters. The first-order chi connectivity index (χ1) is 11.5. The number of nitrogens with one attached hydrogen (secondary N) is 2. The van der Waals surface area contributed by atoms with Crippen LogP contribution in [0, 0.1) is 0 Å². The van der Waals surface area contributed by atoms with Gasteiger partial charge in [0.15, 0.2) is 11.6 Å². The number of hydrogen-bond donors (Lipinski definition) is 2. The van der Waals surface area contributed by atoms with Crippen molar-refractivity contribution in [3.05, 3.63) is 35.7 Å². The highest BCUT2D eigenvalue weighted by molar-refractivity contribution is 6.01. The molecule has 2 N–H and O–H groups in total. The van der Waals surface area contributed by atoms with E-state index in [1.54, 1.807) is 24.3 Å². The average Bonchev–Trinajstić information content (AvgIpc) is 3.06. The molecule has 2 aromatic rings. The third kappa shape index (κ3) is 3.03. The predicted molar refractivity (Wildman–Crippen MR) is 86.8 cm³/mol. The van der Waals surface area contributed by atoms with Gasteiger partial charge in [-0.25, -0.2) is 4.68 Å². The number of anilines is 2.